The van der Waals surface area contributed by atoms with Crippen LogP contribution in [0.4, 0.5) is 4.79 Å². The lowest BCUT2D eigenvalue weighted by Gasteiger charge is -2.35. The number of carbonyl (C=O) groups is 2. The normalized spacial score (nSPS) is 16.8. The molecule has 206 valence electrons. The highest BCUT2D eigenvalue weighted by atomic mass is 16.7. The third-order valence-corrected chi connectivity index (χ3v) is 8.24. The lowest BCUT2D eigenvalue weighted by atomic mass is 9.98. The summed E-state index contributed by atoms with van der Waals surface area (Å²) in [6.45, 7) is 0.691. The van der Waals surface area contributed by atoms with Gasteiger partial charge in [0.1, 0.15) is 5.60 Å². The van der Waals surface area contributed by atoms with E-state index in [1.807, 2.05) is 53.4 Å². The summed E-state index contributed by atoms with van der Waals surface area (Å²) >= 11 is 0. The van der Waals surface area contributed by atoms with Gasteiger partial charge >= 0.3 is 6.16 Å². The van der Waals surface area contributed by atoms with E-state index < -0.39 is 11.8 Å². The number of amides is 1. The van der Waals surface area contributed by atoms with Crippen LogP contribution in [0, 0.1) is 5.92 Å². The molecule has 2 aliphatic rings. The molecule has 40 heavy (non-hydrogen) atoms. The fourth-order valence-electron chi connectivity index (χ4n) is 6.32. The Kier molecular flexibility index (Phi) is 7.15. The third kappa shape index (κ3) is 5.38. The van der Waals surface area contributed by atoms with Gasteiger partial charge in [-0.25, -0.2) is 14.9 Å². The van der Waals surface area contributed by atoms with E-state index in [2.05, 4.69) is 26.7 Å². The lowest BCUT2D eigenvalue weighted by Crippen LogP contribution is -2.47. The molecule has 0 unspecified atom stereocenters. The second-order valence-corrected chi connectivity index (χ2v) is 11.0. The average Bonchev–Trinajstić information content (AvgIpc) is 3.76. The number of carboxylic acid groups (broad SMARTS) is 1. The summed E-state index contributed by atoms with van der Waals surface area (Å²) in [5.41, 5.74) is 3.56. The van der Waals surface area contributed by atoms with Crippen LogP contribution in [0.25, 0.3) is 33.5 Å². The van der Waals surface area contributed by atoms with E-state index in [9.17, 15) is 14.7 Å². The van der Waals surface area contributed by atoms with Crippen molar-refractivity contribution < 1.29 is 19.4 Å². The minimum atomic E-state index is -1.27. The zero-order valence-electron chi connectivity index (χ0n) is 22.3. The Morgan fingerprint density at radius 2 is 1.77 bits per heavy atom. The molecular formula is C30H32N6O4. The van der Waals surface area contributed by atoms with E-state index in [0.717, 1.165) is 71.8 Å². The Hall–Kier alpha value is -4.34. The average molecular weight is 541 g/mol. The van der Waals surface area contributed by atoms with Gasteiger partial charge in [-0.3, -0.25) is 4.79 Å². The van der Waals surface area contributed by atoms with Gasteiger partial charge in [0.2, 0.25) is 5.91 Å². The van der Waals surface area contributed by atoms with Crippen LogP contribution in [0.2, 0.25) is 0 Å². The summed E-state index contributed by atoms with van der Waals surface area (Å²) in [7, 11) is 0. The van der Waals surface area contributed by atoms with Crippen molar-refractivity contribution in [2.45, 2.75) is 63.5 Å². The number of nitrogens with zero attached hydrogens (tertiary/aromatic N) is 5. The lowest BCUT2D eigenvalue weighted by molar-refractivity contribution is -0.140. The van der Waals surface area contributed by atoms with Crippen LogP contribution >= 0.6 is 0 Å². The Bertz CT molecular complexity index is 1510. The number of benzene rings is 2. The van der Waals surface area contributed by atoms with Gasteiger partial charge in [-0.15, -0.1) is 5.10 Å². The van der Waals surface area contributed by atoms with Crippen molar-refractivity contribution in [3.63, 3.8) is 0 Å². The number of pyridine rings is 1. The standard InChI is InChI=1S/C30H32N6O4/c37-28(21-7-1-2-8-21)36(19-30(40-29(38)39)15-5-6-16-30)18-20-11-13-25-22(17-20)12-14-26(31-25)23-9-3-4-10-24(23)27-32-34-35-33-27/h3-4,9-14,17,21H,1-2,5-8,15-16,18-19H2,(H,38,39)(H,32,33,34,35). The summed E-state index contributed by atoms with van der Waals surface area (Å²) in [5.74, 6) is 0.671. The molecule has 2 aromatic heterocycles. The van der Waals surface area contributed by atoms with Gasteiger partial charge in [-0.05, 0) is 72.7 Å². The highest BCUT2D eigenvalue weighted by Crippen LogP contribution is 2.36. The molecule has 4 aromatic rings. The predicted octanol–water partition coefficient (Wildman–Crippen LogP) is 5.61. The van der Waals surface area contributed by atoms with Crippen LogP contribution in [-0.2, 0) is 16.1 Å². The van der Waals surface area contributed by atoms with E-state index in [-0.39, 0.29) is 18.4 Å². The largest absolute Gasteiger partial charge is 0.506 e. The zero-order chi connectivity index (χ0) is 27.5. The first-order chi connectivity index (χ1) is 19.5. The number of nitrogens with one attached hydrogen (secondary N) is 1. The van der Waals surface area contributed by atoms with Crippen molar-refractivity contribution in [2.75, 3.05) is 6.54 Å². The molecule has 0 saturated heterocycles. The number of fused-ring (bicyclic) bond motifs is 1. The van der Waals surface area contributed by atoms with Crippen LogP contribution in [-0.4, -0.2) is 59.8 Å². The molecule has 10 nitrogen and oxygen atoms in total. The number of hydrogen-bond donors (Lipinski definition) is 2. The molecule has 2 aliphatic carbocycles. The second-order valence-electron chi connectivity index (χ2n) is 11.0. The molecule has 1 amide bonds. The zero-order valence-corrected chi connectivity index (χ0v) is 22.3. The quantitative estimate of drug-likeness (QED) is 0.276. The van der Waals surface area contributed by atoms with Crippen molar-refractivity contribution in [3.8, 4) is 22.6 Å². The number of rotatable bonds is 8. The predicted molar refractivity (Wildman–Crippen MR) is 148 cm³/mol. The highest BCUT2D eigenvalue weighted by molar-refractivity contribution is 5.86. The highest BCUT2D eigenvalue weighted by Gasteiger charge is 2.41. The Balaban J connectivity index is 1.28. The monoisotopic (exact) mass is 540 g/mol. The van der Waals surface area contributed by atoms with E-state index in [1.54, 1.807) is 0 Å². The van der Waals surface area contributed by atoms with Gasteiger partial charge in [0.15, 0.2) is 5.82 Å². The fraction of sp³-hybridized carbons (Fsp3) is 0.400. The third-order valence-electron chi connectivity index (χ3n) is 8.24. The first kappa shape index (κ1) is 25.9. The van der Waals surface area contributed by atoms with Crippen molar-refractivity contribution in [1.82, 2.24) is 30.5 Å². The van der Waals surface area contributed by atoms with Crippen molar-refractivity contribution >= 4 is 23.0 Å². The summed E-state index contributed by atoms with van der Waals surface area (Å²) < 4.78 is 5.44. The fourth-order valence-corrected chi connectivity index (χ4v) is 6.32. The Morgan fingerprint density at radius 3 is 2.50 bits per heavy atom. The van der Waals surface area contributed by atoms with Gasteiger partial charge < -0.3 is 14.7 Å². The van der Waals surface area contributed by atoms with Gasteiger partial charge in [0.05, 0.1) is 17.8 Å². The maximum atomic E-state index is 13.7. The SMILES string of the molecule is O=C(O)OC1(CN(Cc2ccc3nc(-c4ccccc4-c4nnn[nH]4)ccc3c2)C(=O)C2CCCC2)CCCC1. The smallest absolute Gasteiger partial charge is 0.450 e. The second kappa shape index (κ2) is 11.0. The van der Waals surface area contributed by atoms with Crippen molar-refractivity contribution in [1.29, 1.82) is 0 Å². The Morgan fingerprint density at radius 1 is 1.00 bits per heavy atom. The summed E-state index contributed by atoms with van der Waals surface area (Å²) in [6, 6.07) is 17.9. The number of carbonyl (C=O) groups excluding carboxylic acids is 1. The molecule has 10 heteroatoms. The van der Waals surface area contributed by atoms with Crippen LogP contribution in [0.1, 0.15) is 56.9 Å². The molecule has 0 aliphatic heterocycles. The molecule has 2 heterocycles. The molecule has 2 N–H and O–H groups in total. The molecule has 0 radical (unpaired) electrons. The molecular weight excluding hydrogens is 508 g/mol. The minimum Gasteiger partial charge on any atom is -0.450 e. The van der Waals surface area contributed by atoms with Crippen LogP contribution in [0.3, 0.4) is 0 Å². The number of tetrazole rings is 1. The van der Waals surface area contributed by atoms with E-state index >= 15 is 0 Å². The summed E-state index contributed by atoms with van der Waals surface area (Å²) in [5, 5.41) is 24.7. The molecule has 2 fully saturated rings. The van der Waals surface area contributed by atoms with E-state index in [1.165, 1.54) is 0 Å². The maximum Gasteiger partial charge on any atom is 0.506 e. The molecule has 6 rings (SSSR count). The molecule has 0 atom stereocenters. The topological polar surface area (TPSA) is 134 Å². The van der Waals surface area contributed by atoms with Crippen LogP contribution < -0.4 is 0 Å². The number of ether oxygens (including phenoxy) is 1. The number of aromatic amines is 1. The molecule has 0 bridgehead atoms. The summed E-state index contributed by atoms with van der Waals surface area (Å²) in [4.78, 5) is 32.0. The maximum absolute atomic E-state index is 13.7. The van der Waals surface area contributed by atoms with Gasteiger partial charge in [0, 0.05) is 29.0 Å². The van der Waals surface area contributed by atoms with Gasteiger partial charge in [-0.1, -0.05) is 49.2 Å². The number of hydrogen-bond acceptors (Lipinski definition) is 7. The van der Waals surface area contributed by atoms with Gasteiger partial charge in [-0.2, -0.15) is 0 Å². The van der Waals surface area contributed by atoms with Crippen LogP contribution in [0.15, 0.2) is 54.6 Å². The molecule has 0 spiro atoms. The Labute approximate surface area is 231 Å². The summed E-state index contributed by atoms with van der Waals surface area (Å²) in [6.07, 6.45) is 5.70. The van der Waals surface area contributed by atoms with Crippen molar-refractivity contribution in [3.05, 3.63) is 60.2 Å². The first-order valence-electron chi connectivity index (χ1n) is 13.9. The number of aromatic nitrogens is 5. The minimum absolute atomic E-state index is 0.00686. The molecule has 2 saturated carbocycles. The van der Waals surface area contributed by atoms with Crippen LogP contribution in [0.5, 0.6) is 0 Å². The van der Waals surface area contributed by atoms with E-state index in [4.69, 9.17) is 9.72 Å². The van der Waals surface area contributed by atoms with E-state index in [0.29, 0.717) is 25.2 Å². The van der Waals surface area contributed by atoms with Gasteiger partial charge in [0.25, 0.3) is 0 Å². The molecule has 2 aromatic carbocycles. The first-order valence-corrected chi connectivity index (χ1v) is 13.9. The van der Waals surface area contributed by atoms with Crippen molar-refractivity contribution in [2.24, 2.45) is 5.92 Å². The number of H-pyrrole nitrogens is 1.